The van der Waals surface area contributed by atoms with Gasteiger partial charge < -0.3 is 9.64 Å². The number of methoxy groups -OCH3 is 1. The van der Waals surface area contributed by atoms with Crippen molar-refractivity contribution in [3.05, 3.63) is 22.4 Å². The molecule has 1 amide bonds. The van der Waals surface area contributed by atoms with E-state index in [4.69, 9.17) is 4.74 Å². The fourth-order valence-electron chi connectivity index (χ4n) is 1.49. The Balaban J connectivity index is 2.64. The topological polar surface area (TPSA) is 29.5 Å². The minimum Gasteiger partial charge on any atom is -0.383 e. The van der Waals surface area contributed by atoms with Gasteiger partial charge in [0.15, 0.2) is 0 Å². The van der Waals surface area contributed by atoms with Crippen molar-refractivity contribution in [1.82, 2.24) is 4.90 Å². The zero-order chi connectivity index (χ0) is 12.0. The maximum Gasteiger partial charge on any atom is 0.254 e. The molecule has 0 aliphatic carbocycles. The summed E-state index contributed by atoms with van der Waals surface area (Å²) in [6.45, 7) is 6.24. The number of nitrogens with zero attached hydrogens (tertiary/aromatic N) is 1. The van der Waals surface area contributed by atoms with Crippen molar-refractivity contribution in [3.8, 4) is 0 Å². The summed E-state index contributed by atoms with van der Waals surface area (Å²) in [4.78, 5) is 14.0. The quantitative estimate of drug-likeness (QED) is 0.766. The van der Waals surface area contributed by atoms with Crippen molar-refractivity contribution in [2.75, 3.05) is 26.8 Å². The molecular formula is C12H19NO2S. The molecule has 1 rings (SSSR count). The van der Waals surface area contributed by atoms with Crippen LogP contribution in [0.15, 0.2) is 16.8 Å². The number of hydrogen-bond donors (Lipinski definition) is 0. The second kappa shape index (κ2) is 6.66. The normalized spacial score (nSPS) is 10.8. The molecular weight excluding hydrogens is 222 g/mol. The van der Waals surface area contributed by atoms with E-state index in [1.165, 1.54) is 0 Å². The molecule has 0 radical (unpaired) electrons. The third-order valence-electron chi connectivity index (χ3n) is 2.21. The second-order valence-electron chi connectivity index (χ2n) is 4.15. The summed E-state index contributed by atoms with van der Waals surface area (Å²) < 4.78 is 5.03. The molecule has 16 heavy (non-hydrogen) atoms. The van der Waals surface area contributed by atoms with Crippen molar-refractivity contribution in [1.29, 1.82) is 0 Å². The Morgan fingerprint density at radius 3 is 2.81 bits per heavy atom. The van der Waals surface area contributed by atoms with E-state index in [0.29, 0.717) is 19.1 Å². The molecule has 1 heterocycles. The maximum atomic E-state index is 12.1. The Bertz CT molecular complexity index is 309. The summed E-state index contributed by atoms with van der Waals surface area (Å²) >= 11 is 1.55. The molecule has 0 aromatic carbocycles. The minimum absolute atomic E-state index is 0.104. The van der Waals surface area contributed by atoms with E-state index in [2.05, 4.69) is 13.8 Å². The summed E-state index contributed by atoms with van der Waals surface area (Å²) in [6, 6.07) is 1.87. The average Bonchev–Trinajstić information content (AvgIpc) is 2.76. The van der Waals surface area contributed by atoms with E-state index in [-0.39, 0.29) is 5.91 Å². The van der Waals surface area contributed by atoms with Gasteiger partial charge in [-0.2, -0.15) is 11.3 Å². The van der Waals surface area contributed by atoms with E-state index in [1.807, 2.05) is 21.7 Å². The van der Waals surface area contributed by atoms with Gasteiger partial charge in [-0.05, 0) is 17.4 Å². The Kier molecular flexibility index (Phi) is 5.49. The van der Waals surface area contributed by atoms with Gasteiger partial charge in [0.05, 0.1) is 12.2 Å². The van der Waals surface area contributed by atoms with Crippen molar-refractivity contribution in [2.24, 2.45) is 5.92 Å². The molecule has 3 nitrogen and oxygen atoms in total. The van der Waals surface area contributed by atoms with E-state index in [0.717, 1.165) is 12.1 Å². The minimum atomic E-state index is 0.104. The van der Waals surface area contributed by atoms with Crippen LogP contribution in [0.2, 0.25) is 0 Å². The van der Waals surface area contributed by atoms with E-state index < -0.39 is 0 Å². The van der Waals surface area contributed by atoms with Gasteiger partial charge in [-0.3, -0.25) is 4.79 Å². The molecule has 0 aliphatic heterocycles. The standard InChI is InChI=1S/C12H19NO2S/c1-10(2)8-13(5-6-15-3)12(14)11-4-7-16-9-11/h4,7,9-10H,5-6,8H2,1-3H3. The molecule has 0 unspecified atom stereocenters. The number of ether oxygens (including phenoxy) is 1. The van der Waals surface area contributed by atoms with Crippen LogP contribution in [0.4, 0.5) is 0 Å². The van der Waals surface area contributed by atoms with Crippen molar-refractivity contribution >= 4 is 17.2 Å². The molecule has 1 aromatic heterocycles. The van der Waals surface area contributed by atoms with Gasteiger partial charge in [-0.1, -0.05) is 13.8 Å². The van der Waals surface area contributed by atoms with Gasteiger partial charge in [0.1, 0.15) is 0 Å². The van der Waals surface area contributed by atoms with Gasteiger partial charge in [-0.15, -0.1) is 0 Å². The lowest BCUT2D eigenvalue weighted by Crippen LogP contribution is -2.36. The van der Waals surface area contributed by atoms with Gasteiger partial charge in [0.2, 0.25) is 0 Å². The zero-order valence-electron chi connectivity index (χ0n) is 10.1. The highest BCUT2D eigenvalue weighted by molar-refractivity contribution is 7.08. The molecule has 0 saturated heterocycles. The lowest BCUT2D eigenvalue weighted by atomic mass is 10.2. The van der Waals surface area contributed by atoms with Crippen molar-refractivity contribution in [3.63, 3.8) is 0 Å². The largest absolute Gasteiger partial charge is 0.383 e. The molecule has 0 bridgehead atoms. The lowest BCUT2D eigenvalue weighted by molar-refractivity contribution is 0.0673. The van der Waals surface area contributed by atoms with Gasteiger partial charge >= 0.3 is 0 Å². The van der Waals surface area contributed by atoms with E-state index in [9.17, 15) is 4.79 Å². The van der Waals surface area contributed by atoms with Crippen molar-refractivity contribution < 1.29 is 9.53 Å². The maximum absolute atomic E-state index is 12.1. The first-order valence-corrected chi connectivity index (χ1v) is 6.39. The van der Waals surface area contributed by atoms with Crippen LogP contribution in [-0.2, 0) is 4.74 Å². The molecule has 1 aromatic rings. The van der Waals surface area contributed by atoms with Gasteiger partial charge in [0, 0.05) is 25.6 Å². The van der Waals surface area contributed by atoms with Crippen LogP contribution in [-0.4, -0.2) is 37.6 Å². The Labute approximate surface area is 101 Å². The summed E-state index contributed by atoms with van der Waals surface area (Å²) in [5, 5.41) is 3.82. The highest BCUT2D eigenvalue weighted by Crippen LogP contribution is 2.11. The summed E-state index contributed by atoms with van der Waals surface area (Å²) in [5.74, 6) is 0.575. The van der Waals surface area contributed by atoms with E-state index >= 15 is 0 Å². The molecule has 0 saturated carbocycles. The monoisotopic (exact) mass is 241 g/mol. The first-order chi connectivity index (χ1) is 7.65. The zero-order valence-corrected chi connectivity index (χ0v) is 10.9. The van der Waals surface area contributed by atoms with Gasteiger partial charge in [-0.25, -0.2) is 0 Å². The Morgan fingerprint density at radius 1 is 1.56 bits per heavy atom. The third kappa shape index (κ3) is 3.94. The van der Waals surface area contributed by atoms with Crippen LogP contribution < -0.4 is 0 Å². The average molecular weight is 241 g/mol. The highest BCUT2D eigenvalue weighted by atomic mass is 32.1. The van der Waals surface area contributed by atoms with Crippen LogP contribution in [0.3, 0.4) is 0 Å². The summed E-state index contributed by atoms with van der Waals surface area (Å²) in [5.41, 5.74) is 0.779. The third-order valence-corrected chi connectivity index (χ3v) is 2.89. The van der Waals surface area contributed by atoms with Crippen LogP contribution >= 0.6 is 11.3 Å². The fraction of sp³-hybridized carbons (Fsp3) is 0.583. The summed E-state index contributed by atoms with van der Waals surface area (Å²) in [7, 11) is 1.66. The Morgan fingerprint density at radius 2 is 2.31 bits per heavy atom. The molecule has 0 spiro atoms. The number of carbonyl (C=O) groups is 1. The predicted octanol–water partition coefficient (Wildman–Crippen LogP) is 2.49. The van der Waals surface area contributed by atoms with Crippen molar-refractivity contribution in [2.45, 2.75) is 13.8 Å². The van der Waals surface area contributed by atoms with Crippen LogP contribution in [0.25, 0.3) is 0 Å². The first kappa shape index (κ1) is 13.2. The highest BCUT2D eigenvalue weighted by Gasteiger charge is 2.16. The number of amides is 1. The van der Waals surface area contributed by atoms with E-state index in [1.54, 1.807) is 18.4 Å². The number of thiophene rings is 1. The smallest absolute Gasteiger partial charge is 0.254 e. The van der Waals surface area contributed by atoms with Crippen LogP contribution in [0.1, 0.15) is 24.2 Å². The molecule has 4 heteroatoms. The molecule has 0 atom stereocenters. The van der Waals surface area contributed by atoms with Gasteiger partial charge in [0.25, 0.3) is 5.91 Å². The summed E-state index contributed by atoms with van der Waals surface area (Å²) in [6.07, 6.45) is 0. The number of carbonyl (C=O) groups excluding carboxylic acids is 1. The SMILES string of the molecule is COCCN(CC(C)C)C(=O)c1ccsc1. The molecule has 90 valence electrons. The number of hydrogen-bond acceptors (Lipinski definition) is 3. The molecule has 0 N–H and O–H groups in total. The Hall–Kier alpha value is -0.870. The predicted molar refractivity (Wildman–Crippen MR) is 66.9 cm³/mol. The first-order valence-electron chi connectivity index (χ1n) is 5.45. The van der Waals surface area contributed by atoms with Crippen LogP contribution in [0.5, 0.6) is 0 Å². The fourth-order valence-corrected chi connectivity index (χ4v) is 2.12. The molecule has 0 aliphatic rings. The number of rotatable bonds is 6. The second-order valence-corrected chi connectivity index (χ2v) is 4.93. The lowest BCUT2D eigenvalue weighted by Gasteiger charge is -2.23. The molecule has 0 fully saturated rings. The van der Waals surface area contributed by atoms with Crippen LogP contribution in [0, 0.1) is 5.92 Å².